The van der Waals surface area contributed by atoms with Crippen molar-refractivity contribution in [3.05, 3.63) is 70.9 Å². The topological polar surface area (TPSA) is 41.9 Å². The third-order valence-electron chi connectivity index (χ3n) is 4.70. The number of hydrogen-bond donors (Lipinski definition) is 0. The number of nitrogens with zero attached hydrogens (tertiary/aromatic N) is 2. The van der Waals surface area contributed by atoms with Crippen LogP contribution in [0.2, 0.25) is 0 Å². The van der Waals surface area contributed by atoms with E-state index in [0.29, 0.717) is 12.2 Å². The van der Waals surface area contributed by atoms with Gasteiger partial charge in [0.25, 0.3) is 0 Å². The fourth-order valence-electron chi connectivity index (χ4n) is 3.51. The molecular formula is C21H20N2O2S. The second-order valence-electron chi connectivity index (χ2n) is 6.31. The number of para-hydroxylation sites is 1. The number of aliphatic imine (C=N–C) groups is 1. The molecule has 132 valence electrons. The fourth-order valence-corrected chi connectivity index (χ4v) is 4.61. The first kappa shape index (κ1) is 16.9. The number of carbonyl (C=O) groups excluding carboxylic acids is 1. The van der Waals surface area contributed by atoms with Gasteiger partial charge in [0, 0.05) is 4.90 Å². The molecule has 0 radical (unpaired) electrons. The van der Waals surface area contributed by atoms with Crippen molar-refractivity contribution in [1.29, 1.82) is 0 Å². The van der Waals surface area contributed by atoms with Crippen molar-refractivity contribution in [2.45, 2.75) is 31.7 Å². The number of amidine groups is 1. The van der Waals surface area contributed by atoms with Crippen LogP contribution in [-0.2, 0) is 9.53 Å². The van der Waals surface area contributed by atoms with E-state index in [-0.39, 0.29) is 12.0 Å². The summed E-state index contributed by atoms with van der Waals surface area (Å²) in [5.74, 6) is -0.296. The molecule has 0 aliphatic carbocycles. The highest BCUT2D eigenvalue weighted by atomic mass is 32.2. The van der Waals surface area contributed by atoms with Crippen LogP contribution in [-0.4, -0.2) is 17.7 Å². The lowest BCUT2D eigenvalue weighted by Crippen LogP contribution is -2.37. The molecule has 0 N–H and O–H groups in total. The number of thioether (sulfide) groups is 1. The summed E-state index contributed by atoms with van der Waals surface area (Å²) in [6.07, 6.45) is 0. The summed E-state index contributed by atoms with van der Waals surface area (Å²) < 4.78 is 5.38. The van der Waals surface area contributed by atoms with Crippen molar-refractivity contribution < 1.29 is 9.53 Å². The van der Waals surface area contributed by atoms with Crippen molar-refractivity contribution in [3.63, 3.8) is 0 Å². The minimum Gasteiger partial charge on any atom is -0.463 e. The van der Waals surface area contributed by atoms with Gasteiger partial charge in [0.2, 0.25) is 0 Å². The van der Waals surface area contributed by atoms with E-state index in [1.165, 1.54) is 0 Å². The zero-order valence-corrected chi connectivity index (χ0v) is 15.8. The summed E-state index contributed by atoms with van der Waals surface area (Å²) in [5, 5.41) is 0.907. The van der Waals surface area contributed by atoms with Crippen molar-refractivity contribution in [2.24, 2.45) is 4.99 Å². The van der Waals surface area contributed by atoms with Gasteiger partial charge in [-0.25, -0.2) is 9.79 Å². The van der Waals surface area contributed by atoms with E-state index in [1.807, 2.05) is 38.1 Å². The minimum absolute atomic E-state index is 0.237. The molecule has 2 aromatic rings. The highest BCUT2D eigenvalue weighted by Crippen LogP contribution is 2.50. The van der Waals surface area contributed by atoms with Gasteiger partial charge in [-0.1, -0.05) is 36.4 Å². The highest BCUT2D eigenvalue weighted by molar-refractivity contribution is 8.14. The Morgan fingerprint density at radius 2 is 1.88 bits per heavy atom. The van der Waals surface area contributed by atoms with Gasteiger partial charge in [0.1, 0.15) is 0 Å². The highest BCUT2D eigenvalue weighted by Gasteiger charge is 2.42. The van der Waals surface area contributed by atoms with Gasteiger partial charge < -0.3 is 9.64 Å². The molecule has 0 fully saturated rings. The number of rotatable bonds is 3. The lowest BCUT2D eigenvalue weighted by Gasteiger charge is -2.35. The van der Waals surface area contributed by atoms with Crippen LogP contribution in [0.3, 0.4) is 0 Å². The molecule has 0 saturated carbocycles. The molecule has 1 atom stereocenters. The standard InChI is InChI=1S/C21H20N2O2S/c1-4-25-20(24)18-14(3)22-21-23(16-11-7-8-12-17(16)26-21)19(18)15-10-6-5-9-13(15)2/h5-12,19H,4H2,1-3H3. The van der Waals surface area contributed by atoms with E-state index < -0.39 is 0 Å². The van der Waals surface area contributed by atoms with Crippen LogP contribution < -0.4 is 4.90 Å². The third-order valence-corrected chi connectivity index (χ3v) is 5.73. The maximum atomic E-state index is 12.8. The average molecular weight is 364 g/mol. The Morgan fingerprint density at radius 3 is 2.65 bits per heavy atom. The molecule has 5 heteroatoms. The van der Waals surface area contributed by atoms with Crippen LogP contribution in [0.25, 0.3) is 0 Å². The normalized spacial score (nSPS) is 18.3. The summed E-state index contributed by atoms with van der Waals surface area (Å²) in [4.78, 5) is 20.9. The number of anilines is 1. The van der Waals surface area contributed by atoms with E-state index in [2.05, 4.69) is 36.1 Å². The lowest BCUT2D eigenvalue weighted by atomic mass is 9.91. The SMILES string of the molecule is CCOC(=O)C1=C(C)N=C2Sc3ccccc3N2C1c1ccccc1C. The van der Waals surface area contributed by atoms with Crippen LogP contribution in [0, 0.1) is 6.92 Å². The second-order valence-corrected chi connectivity index (χ2v) is 7.32. The van der Waals surface area contributed by atoms with Gasteiger partial charge in [-0.15, -0.1) is 0 Å². The molecule has 0 saturated heterocycles. The number of esters is 1. The molecule has 0 bridgehead atoms. The maximum absolute atomic E-state index is 12.8. The second kappa shape index (κ2) is 6.65. The van der Waals surface area contributed by atoms with Crippen LogP contribution >= 0.6 is 11.8 Å². The summed E-state index contributed by atoms with van der Waals surface area (Å²) in [7, 11) is 0. The number of benzene rings is 2. The summed E-state index contributed by atoms with van der Waals surface area (Å²) in [5.41, 5.74) is 4.66. The molecule has 4 nitrogen and oxygen atoms in total. The summed E-state index contributed by atoms with van der Waals surface area (Å²) in [6.45, 7) is 6.15. The number of carbonyl (C=O) groups is 1. The summed E-state index contributed by atoms with van der Waals surface area (Å²) >= 11 is 1.64. The number of allylic oxidation sites excluding steroid dienone is 1. The Hall–Kier alpha value is -2.53. The largest absolute Gasteiger partial charge is 0.463 e. The first-order chi connectivity index (χ1) is 12.6. The lowest BCUT2D eigenvalue weighted by molar-refractivity contribution is -0.138. The smallest absolute Gasteiger partial charge is 0.338 e. The molecular weight excluding hydrogens is 344 g/mol. The van der Waals surface area contributed by atoms with Crippen molar-refractivity contribution >= 4 is 28.6 Å². The Morgan fingerprint density at radius 1 is 1.15 bits per heavy atom. The van der Waals surface area contributed by atoms with Gasteiger partial charge in [-0.3, -0.25) is 0 Å². The maximum Gasteiger partial charge on any atom is 0.338 e. The van der Waals surface area contributed by atoms with E-state index >= 15 is 0 Å². The average Bonchev–Trinajstić information content (AvgIpc) is 2.99. The molecule has 2 aromatic carbocycles. The van der Waals surface area contributed by atoms with Crippen molar-refractivity contribution in [3.8, 4) is 0 Å². The Bertz CT molecular complexity index is 949. The summed E-state index contributed by atoms with van der Waals surface area (Å²) in [6, 6.07) is 16.2. The number of hydrogen-bond acceptors (Lipinski definition) is 5. The Kier molecular flexibility index (Phi) is 4.32. The quantitative estimate of drug-likeness (QED) is 0.730. The molecule has 1 unspecified atom stereocenters. The molecule has 4 rings (SSSR count). The van der Waals surface area contributed by atoms with Gasteiger partial charge in [0.15, 0.2) is 5.17 Å². The van der Waals surface area contributed by atoms with Crippen molar-refractivity contribution in [1.82, 2.24) is 0 Å². The van der Waals surface area contributed by atoms with Crippen LogP contribution in [0.4, 0.5) is 5.69 Å². The zero-order chi connectivity index (χ0) is 18.3. The first-order valence-electron chi connectivity index (χ1n) is 8.70. The van der Waals surface area contributed by atoms with Gasteiger partial charge in [-0.2, -0.15) is 0 Å². The van der Waals surface area contributed by atoms with Crippen molar-refractivity contribution in [2.75, 3.05) is 11.5 Å². The molecule has 0 aromatic heterocycles. The van der Waals surface area contributed by atoms with Crippen LogP contribution in [0.15, 0.2) is 69.7 Å². The van der Waals surface area contributed by atoms with E-state index in [0.717, 1.165) is 32.6 Å². The van der Waals surface area contributed by atoms with Crippen LogP contribution in [0.1, 0.15) is 31.0 Å². The molecule has 0 amide bonds. The van der Waals surface area contributed by atoms with E-state index in [1.54, 1.807) is 11.8 Å². The van der Waals surface area contributed by atoms with E-state index in [4.69, 9.17) is 9.73 Å². The molecule has 26 heavy (non-hydrogen) atoms. The molecule has 2 heterocycles. The molecule has 0 spiro atoms. The zero-order valence-electron chi connectivity index (χ0n) is 15.0. The predicted octanol–water partition coefficient (Wildman–Crippen LogP) is 4.86. The van der Waals surface area contributed by atoms with E-state index in [9.17, 15) is 4.79 Å². The minimum atomic E-state index is -0.296. The number of aryl methyl sites for hydroxylation is 1. The van der Waals surface area contributed by atoms with Crippen LogP contribution in [0.5, 0.6) is 0 Å². The van der Waals surface area contributed by atoms with Gasteiger partial charge in [-0.05, 0) is 55.8 Å². The Labute approximate surface area is 157 Å². The molecule has 2 aliphatic heterocycles. The fraction of sp³-hybridized carbons (Fsp3) is 0.238. The predicted molar refractivity (Wildman–Crippen MR) is 105 cm³/mol. The Balaban J connectivity index is 1.93. The molecule has 2 aliphatic rings. The van der Waals surface area contributed by atoms with Gasteiger partial charge in [0.05, 0.1) is 29.6 Å². The monoisotopic (exact) mass is 364 g/mol. The first-order valence-corrected chi connectivity index (χ1v) is 9.51. The van der Waals surface area contributed by atoms with Gasteiger partial charge >= 0.3 is 5.97 Å². The third kappa shape index (κ3) is 2.63. The number of ether oxygens (including phenoxy) is 1. The number of fused-ring (bicyclic) bond motifs is 3.